The van der Waals surface area contributed by atoms with Crippen molar-refractivity contribution < 1.29 is 0 Å². The quantitative estimate of drug-likeness (QED) is 0.747. The van der Waals surface area contributed by atoms with Gasteiger partial charge >= 0.3 is 0 Å². The topological polar surface area (TPSA) is 24.9 Å². The molecular formula is C8H14N2S. The van der Waals surface area contributed by atoms with Gasteiger partial charge in [0.2, 0.25) is 0 Å². The predicted octanol–water partition coefficient (Wildman–Crippen LogP) is 1.73. The van der Waals surface area contributed by atoms with E-state index in [1.54, 1.807) is 0 Å². The molecule has 3 heteroatoms. The minimum atomic E-state index is 0.894. The molecule has 0 aliphatic rings. The number of nitrogens with one attached hydrogen (secondary N) is 1. The van der Waals surface area contributed by atoms with E-state index >= 15 is 0 Å². The van der Waals surface area contributed by atoms with E-state index in [0.29, 0.717) is 0 Å². The van der Waals surface area contributed by atoms with Gasteiger partial charge in [0, 0.05) is 11.4 Å². The summed E-state index contributed by atoms with van der Waals surface area (Å²) >= 11 is 1.81. The second-order valence-corrected chi connectivity index (χ2v) is 3.67. The number of aromatic nitrogens is 1. The van der Waals surface area contributed by atoms with Gasteiger partial charge in [0.15, 0.2) is 0 Å². The third kappa shape index (κ3) is 2.01. The number of hydrogen-bond donors (Lipinski definition) is 1. The van der Waals surface area contributed by atoms with E-state index in [-0.39, 0.29) is 0 Å². The molecule has 0 atom stereocenters. The van der Waals surface area contributed by atoms with Crippen LogP contribution in [-0.4, -0.2) is 12.0 Å². The largest absolute Gasteiger partial charge is 0.314 e. The van der Waals surface area contributed by atoms with Crippen LogP contribution in [0.3, 0.4) is 0 Å². The van der Waals surface area contributed by atoms with Gasteiger partial charge in [-0.1, -0.05) is 6.92 Å². The summed E-state index contributed by atoms with van der Waals surface area (Å²) in [6.07, 6.45) is 1.10. The predicted molar refractivity (Wildman–Crippen MR) is 49.0 cm³/mol. The van der Waals surface area contributed by atoms with Gasteiger partial charge in [-0.15, -0.1) is 11.3 Å². The molecule has 1 rings (SSSR count). The first-order valence-corrected chi connectivity index (χ1v) is 4.69. The minimum absolute atomic E-state index is 0.894. The Morgan fingerprint density at radius 2 is 2.27 bits per heavy atom. The van der Waals surface area contributed by atoms with Gasteiger partial charge in [-0.25, -0.2) is 4.98 Å². The van der Waals surface area contributed by atoms with Gasteiger partial charge in [-0.3, -0.25) is 0 Å². The molecule has 0 amide bonds. The molecule has 0 saturated heterocycles. The third-order valence-corrected chi connectivity index (χ3v) is 2.89. The number of hydrogen-bond acceptors (Lipinski definition) is 3. The zero-order valence-electron chi connectivity index (χ0n) is 7.27. The normalized spacial score (nSPS) is 10.5. The molecule has 0 aromatic carbocycles. The van der Waals surface area contributed by atoms with Crippen molar-refractivity contribution in [3.05, 3.63) is 15.6 Å². The Balaban J connectivity index is 2.77. The van der Waals surface area contributed by atoms with E-state index in [4.69, 9.17) is 0 Å². The van der Waals surface area contributed by atoms with Crippen LogP contribution in [0.2, 0.25) is 0 Å². The second kappa shape index (κ2) is 3.83. The minimum Gasteiger partial charge on any atom is -0.314 e. The van der Waals surface area contributed by atoms with Gasteiger partial charge in [0.05, 0.1) is 5.69 Å². The lowest BCUT2D eigenvalue weighted by Crippen LogP contribution is -2.04. The van der Waals surface area contributed by atoms with Crippen molar-refractivity contribution in [2.75, 3.05) is 7.05 Å². The molecule has 0 bridgehead atoms. The van der Waals surface area contributed by atoms with Crippen LogP contribution in [0.5, 0.6) is 0 Å². The van der Waals surface area contributed by atoms with Crippen LogP contribution >= 0.6 is 11.3 Å². The summed E-state index contributed by atoms with van der Waals surface area (Å²) in [5, 5.41) is 4.29. The van der Waals surface area contributed by atoms with Crippen molar-refractivity contribution in [2.45, 2.75) is 26.8 Å². The van der Waals surface area contributed by atoms with Crippen LogP contribution < -0.4 is 5.32 Å². The molecule has 0 radical (unpaired) electrons. The SMILES string of the molecule is CCc1sc(CNC)nc1C. The highest BCUT2D eigenvalue weighted by molar-refractivity contribution is 7.11. The lowest BCUT2D eigenvalue weighted by molar-refractivity contribution is 0.807. The van der Waals surface area contributed by atoms with E-state index in [1.807, 2.05) is 18.4 Å². The van der Waals surface area contributed by atoms with Gasteiger partial charge in [0.1, 0.15) is 5.01 Å². The fourth-order valence-electron chi connectivity index (χ4n) is 1.04. The van der Waals surface area contributed by atoms with Crippen molar-refractivity contribution in [3.8, 4) is 0 Å². The Bertz CT molecular complexity index is 230. The number of rotatable bonds is 3. The molecule has 1 N–H and O–H groups in total. The molecule has 11 heavy (non-hydrogen) atoms. The summed E-state index contributed by atoms with van der Waals surface area (Å²) in [6.45, 7) is 5.14. The maximum Gasteiger partial charge on any atom is 0.107 e. The van der Waals surface area contributed by atoms with Crippen LogP contribution in [0.25, 0.3) is 0 Å². The smallest absolute Gasteiger partial charge is 0.107 e. The van der Waals surface area contributed by atoms with Crippen molar-refractivity contribution in [1.29, 1.82) is 0 Å². The lowest BCUT2D eigenvalue weighted by Gasteiger charge is -1.89. The van der Waals surface area contributed by atoms with E-state index in [0.717, 1.165) is 13.0 Å². The molecule has 0 unspecified atom stereocenters. The Hall–Kier alpha value is -0.410. The fraction of sp³-hybridized carbons (Fsp3) is 0.625. The average Bonchev–Trinajstić information content (AvgIpc) is 2.32. The summed E-state index contributed by atoms with van der Waals surface area (Å²) in [6, 6.07) is 0. The standard InChI is InChI=1S/C8H14N2S/c1-4-7-6(2)10-8(11-7)5-9-3/h9H,4-5H2,1-3H3. The Kier molecular flexibility index (Phi) is 3.02. The molecule has 62 valence electrons. The first kappa shape index (κ1) is 8.68. The molecular weight excluding hydrogens is 156 g/mol. The molecule has 0 spiro atoms. The van der Waals surface area contributed by atoms with E-state index in [1.165, 1.54) is 15.6 Å². The monoisotopic (exact) mass is 170 g/mol. The molecule has 0 aliphatic heterocycles. The highest BCUT2D eigenvalue weighted by atomic mass is 32.1. The van der Waals surface area contributed by atoms with Gasteiger partial charge in [-0.05, 0) is 20.4 Å². The highest BCUT2D eigenvalue weighted by Crippen LogP contribution is 2.17. The highest BCUT2D eigenvalue weighted by Gasteiger charge is 2.03. The molecule has 0 aliphatic carbocycles. The van der Waals surface area contributed by atoms with Gasteiger partial charge < -0.3 is 5.32 Å². The van der Waals surface area contributed by atoms with E-state index in [9.17, 15) is 0 Å². The molecule has 2 nitrogen and oxygen atoms in total. The van der Waals surface area contributed by atoms with Crippen molar-refractivity contribution in [2.24, 2.45) is 0 Å². The molecule has 1 heterocycles. The first-order chi connectivity index (χ1) is 5.27. The van der Waals surface area contributed by atoms with Crippen molar-refractivity contribution in [3.63, 3.8) is 0 Å². The Morgan fingerprint density at radius 3 is 2.73 bits per heavy atom. The first-order valence-electron chi connectivity index (χ1n) is 3.87. The summed E-state index contributed by atoms with van der Waals surface area (Å²) in [4.78, 5) is 5.84. The van der Waals surface area contributed by atoms with Gasteiger partial charge in [-0.2, -0.15) is 0 Å². The molecule has 1 aromatic rings. The van der Waals surface area contributed by atoms with Crippen LogP contribution in [0, 0.1) is 6.92 Å². The Morgan fingerprint density at radius 1 is 1.55 bits per heavy atom. The zero-order chi connectivity index (χ0) is 8.27. The maximum absolute atomic E-state index is 4.43. The summed E-state index contributed by atoms with van der Waals surface area (Å²) in [5.74, 6) is 0. The van der Waals surface area contributed by atoms with Crippen LogP contribution in [0.4, 0.5) is 0 Å². The van der Waals surface area contributed by atoms with Crippen LogP contribution in [0.15, 0.2) is 0 Å². The van der Waals surface area contributed by atoms with Crippen molar-refractivity contribution >= 4 is 11.3 Å². The summed E-state index contributed by atoms with van der Waals surface area (Å²) in [7, 11) is 1.95. The van der Waals surface area contributed by atoms with Crippen LogP contribution in [0.1, 0.15) is 22.5 Å². The Labute approximate surface area is 71.7 Å². The zero-order valence-corrected chi connectivity index (χ0v) is 8.09. The number of nitrogens with zero attached hydrogens (tertiary/aromatic N) is 1. The van der Waals surface area contributed by atoms with Crippen molar-refractivity contribution in [1.82, 2.24) is 10.3 Å². The maximum atomic E-state index is 4.43. The molecule has 0 saturated carbocycles. The van der Waals surface area contributed by atoms with E-state index in [2.05, 4.69) is 24.1 Å². The fourth-order valence-corrected chi connectivity index (χ4v) is 2.06. The lowest BCUT2D eigenvalue weighted by atomic mass is 10.3. The number of thiazole rings is 1. The average molecular weight is 170 g/mol. The summed E-state index contributed by atoms with van der Waals surface area (Å²) in [5.41, 5.74) is 1.20. The second-order valence-electron chi connectivity index (χ2n) is 2.50. The third-order valence-electron chi connectivity index (χ3n) is 1.59. The number of aryl methyl sites for hydroxylation is 2. The molecule has 0 fully saturated rings. The van der Waals surface area contributed by atoms with E-state index < -0.39 is 0 Å². The summed E-state index contributed by atoms with van der Waals surface area (Å²) < 4.78 is 0. The molecule has 1 aromatic heterocycles. The van der Waals surface area contributed by atoms with Gasteiger partial charge in [0.25, 0.3) is 0 Å². The van der Waals surface area contributed by atoms with Crippen LogP contribution in [-0.2, 0) is 13.0 Å².